The highest BCUT2D eigenvalue weighted by molar-refractivity contribution is 5.99. The van der Waals surface area contributed by atoms with Crippen molar-refractivity contribution in [2.45, 2.75) is 33.3 Å². The molecule has 3 aromatic rings. The van der Waals surface area contributed by atoms with Gasteiger partial charge in [-0.15, -0.1) is 0 Å². The first-order valence-corrected chi connectivity index (χ1v) is 9.08. The summed E-state index contributed by atoms with van der Waals surface area (Å²) in [5, 5.41) is 3.45. The summed E-state index contributed by atoms with van der Waals surface area (Å²) in [6.45, 7) is 3.41. The van der Waals surface area contributed by atoms with E-state index in [1.165, 1.54) is 19.1 Å². The Hall–Kier alpha value is -3.28. The molecule has 0 atom stereocenters. The molecule has 3 rings (SSSR count). The zero-order valence-corrected chi connectivity index (χ0v) is 15.8. The number of fused-ring (bicyclic) bond motifs is 1. The van der Waals surface area contributed by atoms with Crippen LogP contribution in [-0.4, -0.2) is 16.7 Å². The lowest BCUT2D eigenvalue weighted by Crippen LogP contribution is -2.11. The first-order valence-electron chi connectivity index (χ1n) is 9.08. The van der Waals surface area contributed by atoms with Gasteiger partial charge in [0.2, 0.25) is 5.91 Å². The molecule has 0 fully saturated rings. The van der Waals surface area contributed by atoms with Crippen LogP contribution < -0.4 is 10.1 Å². The van der Waals surface area contributed by atoms with Gasteiger partial charge in [-0.1, -0.05) is 13.0 Å². The largest absolute Gasteiger partial charge is 0.488 e. The van der Waals surface area contributed by atoms with Gasteiger partial charge in [0.15, 0.2) is 5.78 Å². The van der Waals surface area contributed by atoms with Crippen LogP contribution in [0, 0.1) is 5.82 Å². The predicted octanol–water partition coefficient (Wildman–Crippen LogP) is 4.89. The Labute approximate surface area is 162 Å². The summed E-state index contributed by atoms with van der Waals surface area (Å²) in [5.74, 6) is -0.305. The molecule has 1 aromatic heterocycles. The van der Waals surface area contributed by atoms with Gasteiger partial charge < -0.3 is 10.1 Å². The van der Waals surface area contributed by atoms with Gasteiger partial charge in [0, 0.05) is 29.3 Å². The fraction of sp³-hybridized carbons (Fsp3) is 0.227. The van der Waals surface area contributed by atoms with Crippen LogP contribution in [0.5, 0.6) is 5.75 Å². The molecule has 0 bridgehead atoms. The number of pyridine rings is 1. The van der Waals surface area contributed by atoms with Crippen LogP contribution >= 0.6 is 0 Å². The molecule has 28 heavy (non-hydrogen) atoms. The number of Topliss-reactive ketones (excluding diaryl/α,β-unsaturated/α-hetero) is 1. The fourth-order valence-corrected chi connectivity index (χ4v) is 2.95. The molecule has 5 nitrogen and oxygen atoms in total. The fourth-order valence-electron chi connectivity index (χ4n) is 2.95. The maximum absolute atomic E-state index is 13.9. The molecule has 1 N–H and O–H groups in total. The van der Waals surface area contributed by atoms with Crippen molar-refractivity contribution in [1.29, 1.82) is 0 Å². The first kappa shape index (κ1) is 19.5. The van der Waals surface area contributed by atoms with Gasteiger partial charge in [0.25, 0.3) is 0 Å². The molecule has 0 saturated heterocycles. The van der Waals surface area contributed by atoms with E-state index in [1.807, 2.05) is 6.92 Å². The number of nitrogens with zero attached hydrogens (tertiary/aromatic N) is 1. The number of nitrogens with one attached hydrogen (secondary N) is 1. The summed E-state index contributed by atoms with van der Waals surface area (Å²) in [5.41, 5.74) is 2.12. The Morgan fingerprint density at radius 1 is 1.18 bits per heavy atom. The van der Waals surface area contributed by atoms with Crippen LogP contribution in [0.1, 0.15) is 42.6 Å². The number of hydrogen-bond acceptors (Lipinski definition) is 4. The number of carbonyl (C=O) groups is 2. The Balaban J connectivity index is 1.84. The van der Waals surface area contributed by atoms with Crippen LogP contribution in [0.15, 0.2) is 48.7 Å². The van der Waals surface area contributed by atoms with Gasteiger partial charge in [-0.25, -0.2) is 4.39 Å². The number of amides is 1. The highest BCUT2D eigenvalue weighted by Gasteiger charge is 2.13. The van der Waals surface area contributed by atoms with Gasteiger partial charge in [-0.3, -0.25) is 14.6 Å². The first-order chi connectivity index (χ1) is 13.5. The van der Waals surface area contributed by atoms with Crippen LogP contribution in [0.4, 0.5) is 10.1 Å². The number of anilines is 1. The van der Waals surface area contributed by atoms with Gasteiger partial charge in [-0.05, 0) is 49.7 Å². The second-order valence-electron chi connectivity index (χ2n) is 6.49. The van der Waals surface area contributed by atoms with E-state index in [2.05, 4.69) is 10.3 Å². The molecule has 0 aliphatic carbocycles. The zero-order chi connectivity index (χ0) is 20.1. The van der Waals surface area contributed by atoms with Crippen molar-refractivity contribution in [3.63, 3.8) is 0 Å². The minimum Gasteiger partial charge on any atom is -0.488 e. The van der Waals surface area contributed by atoms with E-state index in [9.17, 15) is 14.0 Å². The third-order valence-corrected chi connectivity index (χ3v) is 4.25. The third-order valence-electron chi connectivity index (χ3n) is 4.25. The Morgan fingerprint density at radius 2 is 2.00 bits per heavy atom. The molecule has 1 amide bonds. The molecule has 0 spiro atoms. The normalized spacial score (nSPS) is 10.7. The average Bonchev–Trinajstić information content (AvgIpc) is 2.66. The van der Waals surface area contributed by atoms with Gasteiger partial charge in [0.1, 0.15) is 18.2 Å². The van der Waals surface area contributed by atoms with E-state index in [4.69, 9.17) is 4.74 Å². The molecule has 2 aromatic carbocycles. The number of rotatable bonds is 7. The van der Waals surface area contributed by atoms with E-state index in [0.717, 1.165) is 6.42 Å². The quantitative estimate of drug-likeness (QED) is 0.592. The summed E-state index contributed by atoms with van der Waals surface area (Å²) in [6, 6.07) is 11.2. The van der Waals surface area contributed by atoms with E-state index in [1.54, 1.807) is 36.5 Å². The lowest BCUT2D eigenvalue weighted by molar-refractivity contribution is -0.116. The topological polar surface area (TPSA) is 68.3 Å². The van der Waals surface area contributed by atoms with Crippen molar-refractivity contribution in [1.82, 2.24) is 4.98 Å². The molecule has 6 heteroatoms. The molecule has 1 heterocycles. The Kier molecular flexibility index (Phi) is 5.99. The SMILES string of the molecule is CCCC(=O)Nc1ccc(OCc2cc(F)cc3cccnc23)c(C(C)=O)c1. The highest BCUT2D eigenvalue weighted by atomic mass is 19.1. The average molecular weight is 380 g/mol. The summed E-state index contributed by atoms with van der Waals surface area (Å²) in [6.07, 6.45) is 2.79. The summed E-state index contributed by atoms with van der Waals surface area (Å²) >= 11 is 0. The van der Waals surface area contributed by atoms with Gasteiger partial charge >= 0.3 is 0 Å². The van der Waals surface area contributed by atoms with E-state index >= 15 is 0 Å². The second-order valence-corrected chi connectivity index (χ2v) is 6.49. The van der Waals surface area contributed by atoms with Crippen LogP contribution in [0.25, 0.3) is 10.9 Å². The maximum Gasteiger partial charge on any atom is 0.224 e. The monoisotopic (exact) mass is 380 g/mol. The third kappa shape index (κ3) is 4.52. The standard InChI is InChI=1S/C22H21FN2O3/c1-3-5-21(27)25-18-7-8-20(19(12-18)14(2)26)28-13-16-11-17(23)10-15-6-4-9-24-22(15)16/h4,6-12H,3,5,13H2,1-2H3,(H,25,27). The van der Waals surface area contributed by atoms with Gasteiger partial charge in [-0.2, -0.15) is 0 Å². The number of halogens is 1. The molecular formula is C22H21FN2O3. The summed E-state index contributed by atoms with van der Waals surface area (Å²) < 4.78 is 19.7. The zero-order valence-electron chi connectivity index (χ0n) is 15.8. The number of hydrogen-bond donors (Lipinski definition) is 1. The van der Waals surface area contributed by atoms with Crippen molar-refractivity contribution < 1.29 is 18.7 Å². The van der Waals surface area contributed by atoms with Gasteiger partial charge in [0.05, 0.1) is 11.1 Å². The van der Waals surface area contributed by atoms with Crippen molar-refractivity contribution in [3.8, 4) is 5.75 Å². The lowest BCUT2D eigenvalue weighted by Gasteiger charge is -2.13. The number of ketones is 1. The molecule has 0 saturated carbocycles. The van der Waals surface area contributed by atoms with E-state index in [-0.39, 0.29) is 24.1 Å². The van der Waals surface area contributed by atoms with E-state index < -0.39 is 0 Å². The van der Waals surface area contributed by atoms with Crippen LogP contribution in [0.2, 0.25) is 0 Å². The second kappa shape index (κ2) is 8.61. The van der Waals surface area contributed by atoms with Crippen molar-refractivity contribution in [2.24, 2.45) is 0 Å². The summed E-state index contributed by atoms with van der Waals surface area (Å²) in [4.78, 5) is 28.1. The van der Waals surface area contributed by atoms with Crippen molar-refractivity contribution in [2.75, 3.05) is 5.32 Å². The molecule has 0 radical (unpaired) electrons. The number of carbonyl (C=O) groups excluding carboxylic acids is 2. The number of ether oxygens (including phenoxy) is 1. The number of benzene rings is 2. The Morgan fingerprint density at radius 3 is 2.75 bits per heavy atom. The molecule has 0 aliphatic rings. The molecule has 144 valence electrons. The molecule has 0 aliphatic heterocycles. The molecule has 0 unspecified atom stereocenters. The minimum absolute atomic E-state index is 0.0626. The lowest BCUT2D eigenvalue weighted by atomic mass is 10.1. The maximum atomic E-state index is 13.9. The highest BCUT2D eigenvalue weighted by Crippen LogP contribution is 2.26. The molecular weight excluding hydrogens is 359 g/mol. The van der Waals surface area contributed by atoms with Crippen LogP contribution in [0.3, 0.4) is 0 Å². The van der Waals surface area contributed by atoms with Crippen LogP contribution in [-0.2, 0) is 11.4 Å². The smallest absolute Gasteiger partial charge is 0.224 e. The van der Waals surface area contributed by atoms with E-state index in [0.29, 0.717) is 39.9 Å². The summed E-state index contributed by atoms with van der Waals surface area (Å²) in [7, 11) is 0. The van der Waals surface area contributed by atoms with Crippen molar-refractivity contribution >= 4 is 28.3 Å². The minimum atomic E-state index is -0.375. The predicted molar refractivity (Wildman–Crippen MR) is 106 cm³/mol. The number of aromatic nitrogens is 1. The Bertz CT molecular complexity index is 1030. The van der Waals surface area contributed by atoms with Crippen molar-refractivity contribution in [3.05, 3.63) is 65.6 Å².